The van der Waals surface area contributed by atoms with Crippen LogP contribution in [0.15, 0.2) is 47.6 Å². The predicted octanol–water partition coefficient (Wildman–Crippen LogP) is 2.89. The molecule has 0 radical (unpaired) electrons. The molecular weight excluding hydrogens is 414 g/mol. The predicted molar refractivity (Wildman–Crippen MR) is 113 cm³/mol. The molecule has 150 valence electrons. The number of carbonyl (C=O) groups is 2. The molecule has 1 fully saturated rings. The summed E-state index contributed by atoms with van der Waals surface area (Å²) in [6, 6.07) is 12.4. The largest absolute Gasteiger partial charge is 0.493 e. The molecule has 2 amide bonds. The van der Waals surface area contributed by atoms with E-state index in [1.165, 1.54) is 11.1 Å². The minimum atomic E-state index is -0.791. The van der Waals surface area contributed by atoms with Crippen LogP contribution in [0, 0.1) is 0 Å². The van der Waals surface area contributed by atoms with E-state index in [2.05, 4.69) is 5.10 Å². The molecule has 0 unspecified atom stereocenters. The lowest BCUT2D eigenvalue weighted by molar-refractivity contribution is -0.143. The van der Waals surface area contributed by atoms with Crippen LogP contribution in [0.25, 0.3) is 0 Å². The fourth-order valence-corrected chi connectivity index (χ4v) is 3.28. The van der Waals surface area contributed by atoms with Gasteiger partial charge in [0.05, 0.1) is 20.4 Å². The first-order chi connectivity index (χ1) is 13.9. The molecule has 0 atom stereocenters. The van der Waals surface area contributed by atoms with E-state index in [4.69, 9.17) is 33.3 Å². The van der Waals surface area contributed by atoms with E-state index < -0.39 is 11.8 Å². The van der Waals surface area contributed by atoms with Crippen molar-refractivity contribution in [2.75, 3.05) is 20.8 Å². The van der Waals surface area contributed by atoms with Crippen LogP contribution in [-0.2, 0) is 16.0 Å². The molecule has 9 heteroatoms. The first-order valence-electron chi connectivity index (χ1n) is 8.65. The summed E-state index contributed by atoms with van der Waals surface area (Å²) in [5, 5.41) is 5.57. The number of ether oxygens (including phenoxy) is 2. The van der Waals surface area contributed by atoms with Gasteiger partial charge in [-0.1, -0.05) is 29.8 Å². The highest BCUT2D eigenvalue weighted by molar-refractivity contribution is 7.80. The van der Waals surface area contributed by atoms with Crippen molar-refractivity contribution in [3.05, 3.63) is 58.6 Å². The van der Waals surface area contributed by atoms with Crippen LogP contribution in [-0.4, -0.2) is 53.8 Å². The van der Waals surface area contributed by atoms with Gasteiger partial charge in [0.25, 0.3) is 0 Å². The number of amides is 2. The summed E-state index contributed by atoms with van der Waals surface area (Å²) < 4.78 is 10.5. The van der Waals surface area contributed by atoms with E-state index in [0.717, 1.165) is 10.6 Å². The molecule has 0 saturated carbocycles. The van der Waals surface area contributed by atoms with Crippen molar-refractivity contribution in [2.24, 2.45) is 5.10 Å². The number of halogens is 1. The Morgan fingerprint density at radius 2 is 1.83 bits per heavy atom. The van der Waals surface area contributed by atoms with Gasteiger partial charge < -0.3 is 9.47 Å². The van der Waals surface area contributed by atoms with Gasteiger partial charge in [0.2, 0.25) is 5.11 Å². The first-order valence-corrected chi connectivity index (χ1v) is 9.43. The number of methoxy groups -OCH3 is 2. The number of hydrogen-bond acceptors (Lipinski definition) is 6. The lowest BCUT2D eigenvalue weighted by Crippen LogP contribution is -2.33. The molecule has 7 nitrogen and oxygen atoms in total. The quantitative estimate of drug-likeness (QED) is 0.383. The molecule has 29 heavy (non-hydrogen) atoms. The number of carbonyl (C=O) groups excluding carboxylic acids is 2. The maximum absolute atomic E-state index is 12.3. The molecule has 2 aromatic rings. The minimum absolute atomic E-state index is 0.0405. The van der Waals surface area contributed by atoms with Crippen molar-refractivity contribution in [1.82, 2.24) is 9.91 Å². The maximum atomic E-state index is 12.3. The zero-order valence-electron chi connectivity index (χ0n) is 15.8. The standard InChI is InChI=1S/C20H18ClN3O4S/c1-27-16-7-6-13(11-17(16)28-2)8-9-23-18(25)19(26)24(20(23)29)22-12-14-4-3-5-15(21)10-14/h3-7,10-12H,8-9H2,1-2H3/b22-12+. The SMILES string of the molecule is COc1ccc(CCN2C(=O)C(=O)N(/N=C/c3cccc(Cl)c3)C2=S)cc1OC. The van der Waals surface area contributed by atoms with Gasteiger partial charge in [-0.25, -0.2) is 0 Å². The molecule has 0 aliphatic carbocycles. The molecule has 0 spiro atoms. The second-order valence-corrected chi connectivity index (χ2v) is 6.90. The van der Waals surface area contributed by atoms with Crippen molar-refractivity contribution in [3.63, 3.8) is 0 Å². The lowest BCUT2D eigenvalue weighted by Gasteiger charge is -2.16. The number of thiocarbonyl (C=S) groups is 1. The molecular formula is C20H18ClN3O4S. The summed E-state index contributed by atoms with van der Waals surface area (Å²) in [4.78, 5) is 25.9. The number of nitrogens with zero attached hydrogens (tertiary/aromatic N) is 3. The normalized spacial score (nSPS) is 14.2. The van der Waals surface area contributed by atoms with Crippen LogP contribution in [0.1, 0.15) is 11.1 Å². The number of hydrogen-bond donors (Lipinski definition) is 0. The summed E-state index contributed by atoms with van der Waals surface area (Å²) in [7, 11) is 3.11. The van der Waals surface area contributed by atoms with Crippen LogP contribution < -0.4 is 9.47 Å². The Morgan fingerprint density at radius 1 is 1.07 bits per heavy atom. The molecule has 3 rings (SSSR count). The van der Waals surface area contributed by atoms with Crippen LogP contribution in [0.4, 0.5) is 0 Å². The second kappa shape index (κ2) is 9.02. The molecule has 1 aliphatic heterocycles. The second-order valence-electron chi connectivity index (χ2n) is 6.10. The number of hydrazone groups is 1. The van der Waals surface area contributed by atoms with E-state index in [0.29, 0.717) is 28.5 Å². The van der Waals surface area contributed by atoms with Gasteiger partial charge in [-0.2, -0.15) is 10.1 Å². The maximum Gasteiger partial charge on any atom is 0.339 e. The van der Waals surface area contributed by atoms with Crippen LogP contribution in [0.2, 0.25) is 5.02 Å². The molecule has 1 saturated heterocycles. The molecule has 0 N–H and O–H groups in total. The monoisotopic (exact) mass is 431 g/mol. The molecule has 0 bridgehead atoms. The third-order valence-corrected chi connectivity index (χ3v) is 4.90. The van der Waals surface area contributed by atoms with Gasteiger partial charge in [-0.3, -0.25) is 14.5 Å². The Morgan fingerprint density at radius 3 is 2.52 bits per heavy atom. The van der Waals surface area contributed by atoms with E-state index in [1.54, 1.807) is 44.6 Å². The van der Waals surface area contributed by atoms with Gasteiger partial charge in [0, 0.05) is 11.6 Å². The van der Waals surface area contributed by atoms with Crippen LogP contribution >= 0.6 is 23.8 Å². The molecule has 1 aliphatic rings. The fourth-order valence-electron chi connectivity index (χ4n) is 2.78. The number of rotatable bonds is 7. The highest BCUT2D eigenvalue weighted by Gasteiger charge is 2.41. The van der Waals surface area contributed by atoms with E-state index in [9.17, 15) is 9.59 Å². The Bertz CT molecular complexity index is 995. The van der Waals surface area contributed by atoms with Gasteiger partial charge in [0.15, 0.2) is 11.5 Å². The fraction of sp³-hybridized carbons (Fsp3) is 0.200. The summed E-state index contributed by atoms with van der Waals surface area (Å²) >= 11 is 11.2. The zero-order chi connectivity index (χ0) is 21.0. The average Bonchev–Trinajstić information content (AvgIpc) is 2.93. The highest BCUT2D eigenvalue weighted by Crippen LogP contribution is 2.28. The van der Waals surface area contributed by atoms with Gasteiger partial charge in [-0.05, 0) is 54.0 Å². The van der Waals surface area contributed by atoms with E-state index in [-0.39, 0.29) is 11.7 Å². The Balaban J connectivity index is 1.70. The lowest BCUT2D eigenvalue weighted by atomic mass is 10.1. The van der Waals surface area contributed by atoms with Crippen molar-refractivity contribution in [1.29, 1.82) is 0 Å². The van der Waals surface area contributed by atoms with E-state index in [1.807, 2.05) is 12.1 Å². The van der Waals surface area contributed by atoms with Crippen molar-refractivity contribution < 1.29 is 19.1 Å². The minimum Gasteiger partial charge on any atom is -0.493 e. The summed E-state index contributed by atoms with van der Waals surface area (Å²) in [5.74, 6) is -0.302. The molecule has 1 heterocycles. The Hall–Kier alpha value is -2.97. The molecule has 0 aromatic heterocycles. The van der Waals surface area contributed by atoms with Gasteiger partial charge in [-0.15, -0.1) is 0 Å². The molecule has 2 aromatic carbocycles. The topological polar surface area (TPSA) is 71.4 Å². The summed E-state index contributed by atoms with van der Waals surface area (Å²) in [6.07, 6.45) is 1.91. The average molecular weight is 432 g/mol. The Labute approximate surface area is 178 Å². The van der Waals surface area contributed by atoms with Crippen molar-refractivity contribution in [3.8, 4) is 11.5 Å². The third-order valence-electron chi connectivity index (χ3n) is 4.28. The highest BCUT2D eigenvalue weighted by atomic mass is 35.5. The Kier molecular flexibility index (Phi) is 6.46. The van der Waals surface area contributed by atoms with Crippen molar-refractivity contribution in [2.45, 2.75) is 6.42 Å². The summed E-state index contributed by atoms with van der Waals surface area (Å²) in [5.41, 5.74) is 1.59. The van der Waals surface area contributed by atoms with Gasteiger partial charge in [0.1, 0.15) is 0 Å². The van der Waals surface area contributed by atoms with Crippen LogP contribution in [0.5, 0.6) is 11.5 Å². The van der Waals surface area contributed by atoms with E-state index >= 15 is 0 Å². The van der Waals surface area contributed by atoms with Crippen LogP contribution in [0.3, 0.4) is 0 Å². The first kappa shape index (κ1) is 20.8. The third kappa shape index (κ3) is 4.55. The van der Waals surface area contributed by atoms with Gasteiger partial charge >= 0.3 is 11.8 Å². The zero-order valence-corrected chi connectivity index (χ0v) is 17.4. The summed E-state index contributed by atoms with van der Waals surface area (Å²) in [6.45, 7) is 0.238. The number of benzene rings is 2. The smallest absolute Gasteiger partial charge is 0.339 e. The van der Waals surface area contributed by atoms with Crippen molar-refractivity contribution >= 4 is 47.0 Å².